The molecule has 0 saturated heterocycles. The van der Waals surface area contributed by atoms with Crippen LogP contribution in [0.25, 0.3) is 0 Å². The van der Waals surface area contributed by atoms with Crippen molar-refractivity contribution in [1.82, 2.24) is 0 Å². The molecular weight excluding hydrogens is 476 g/mol. The fourth-order valence-electron chi connectivity index (χ4n) is 2.87. The summed E-state index contributed by atoms with van der Waals surface area (Å²) in [7, 11) is 0. The summed E-state index contributed by atoms with van der Waals surface area (Å²) in [5.41, 5.74) is 0. The van der Waals surface area contributed by atoms with E-state index in [1.54, 1.807) is 0 Å². The Labute approximate surface area is 237 Å². The maximum atomic E-state index is 11.2. The highest BCUT2D eigenvalue weighted by atomic mass is 16.3. The zero-order valence-electron chi connectivity index (χ0n) is 27.5. The van der Waals surface area contributed by atoms with Gasteiger partial charge in [0.15, 0.2) is 0 Å². The average molecular weight is 543 g/mol. The Kier molecular flexibility index (Phi) is 34.7. The molecule has 0 bridgehead atoms. The number of ketones is 4. The van der Waals surface area contributed by atoms with Crippen LogP contribution in [0.4, 0.5) is 0 Å². The number of aliphatic hydroxyl groups is 1. The monoisotopic (exact) mass is 542 g/mol. The topological polar surface area (TPSA) is 88.5 Å². The summed E-state index contributed by atoms with van der Waals surface area (Å²) in [6.45, 7) is 23.9. The number of Topliss-reactive ketones (excluding diaryl/α,β-unsaturated/α-hetero) is 4. The SMILES string of the molecule is CCC(CO)CC(=O)C(C)C.CCCC(=O)C(C)C.CCCCC(=O)C(C)C.CCCCCC(=O)C(C)C. The Morgan fingerprint density at radius 2 is 0.868 bits per heavy atom. The van der Waals surface area contributed by atoms with Crippen LogP contribution in [0.15, 0.2) is 0 Å². The van der Waals surface area contributed by atoms with Crippen LogP contribution in [0.1, 0.15) is 154 Å². The maximum Gasteiger partial charge on any atom is 0.135 e. The van der Waals surface area contributed by atoms with Crippen molar-refractivity contribution in [3.63, 3.8) is 0 Å². The van der Waals surface area contributed by atoms with Crippen molar-refractivity contribution >= 4 is 23.1 Å². The largest absolute Gasteiger partial charge is 0.396 e. The van der Waals surface area contributed by atoms with Gasteiger partial charge in [0.1, 0.15) is 23.1 Å². The van der Waals surface area contributed by atoms with Gasteiger partial charge in [0.2, 0.25) is 0 Å². The van der Waals surface area contributed by atoms with Crippen LogP contribution in [-0.4, -0.2) is 34.8 Å². The van der Waals surface area contributed by atoms with Gasteiger partial charge in [0, 0.05) is 56.0 Å². The molecule has 0 saturated carbocycles. The van der Waals surface area contributed by atoms with Gasteiger partial charge in [-0.2, -0.15) is 0 Å². The molecule has 0 heterocycles. The first-order valence-electron chi connectivity index (χ1n) is 15.4. The molecule has 38 heavy (non-hydrogen) atoms. The van der Waals surface area contributed by atoms with Gasteiger partial charge in [-0.05, 0) is 25.2 Å². The van der Waals surface area contributed by atoms with Crippen LogP contribution < -0.4 is 0 Å². The smallest absolute Gasteiger partial charge is 0.135 e. The molecule has 5 nitrogen and oxygen atoms in total. The van der Waals surface area contributed by atoms with E-state index in [1.165, 1.54) is 12.8 Å². The van der Waals surface area contributed by atoms with Crippen LogP contribution in [-0.2, 0) is 19.2 Å². The van der Waals surface area contributed by atoms with Gasteiger partial charge in [-0.15, -0.1) is 0 Å². The zero-order valence-corrected chi connectivity index (χ0v) is 27.5. The van der Waals surface area contributed by atoms with Gasteiger partial charge in [-0.1, -0.05) is 109 Å². The van der Waals surface area contributed by atoms with Crippen LogP contribution >= 0.6 is 0 Å². The fourth-order valence-corrected chi connectivity index (χ4v) is 2.87. The lowest BCUT2D eigenvalue weighted by atomic mass is 9.95. The molecule has 0 rings (SSSR count). The van der Waals surface area contributed by atoms with Crippen molar-refractivity contribution in [2.75, 3.05) is 6.61 Å². The van der Waals surface area contributed by atoms with E-state index >= 15 is 0 Å². The lowest BCUT2D eigenvalue weighted by molar-refractivity contribution is -0.123. The molecule has 1 N–H and O–H groups in total. The van der Waals surface area contributed by atoms with Crippen molar-refractivity contribution in [3.05, 3.63) is 0 Å². The second-order valence-electron chi connectivity index (χ2n) is 11.5. The normalized spacial score (nSPS) is 11.2. The van der Waals surface area contributed by atoms with Crippen LogP contribution in [0.2, 0.25) is 0 Å². The van der Waals surface area contributed by atoms with Gasteiger partial charge >= 0.3 is 0 Å². The Hall–Kier alpha value is -1.36. The molecular formula is C33H66O5. The quantitative estimate of drug-likeness (QED) is 0.185. The van der Waals surface area contributed by atoms with E-state index < -0.39 is 0 Å². The molecule has 0 aromatic carbocycles. The molecule has 228 valence electrons. The van der Waals surface area contributed by atoms with Crippen molar-refractivity contribution in [2.45, 2.75) is 154 Å². The van der Waals surface area contributed by atoms with Crippen LogP contribution in [0.5, 0.6) is 0 Å². The summed E-state index contributed by atoms with van der Waals surface area (Å²) in [5.74, 6) is 2.42. The molecule has 0 aromatic heterocycles. The lowest BCUT2D eigenvalue weighted by Gasteiger charge is -2.11. The standard InChI is InChI=1S/C9H18O2.C9H18O.C8H16O.C7H14O/c1-4-8(6-10)5-9(11)7(2)3;1-4-5-6-7-9(10)8(2)3;1-4-5-6-8(9)7(2)3;1-4-5-7(8)6(2)3/h7-8,10H,4-6H2,1-3H3;8H,4-7H2,1-3H3;7H,4-6H2,1-3H3;6H,4-5H2,1-3H3. The molecule has 0 spiro atoms. The molecule has 0 aliphatic carbocycles. The van der Waals surface area contributed by atoms with Gasteiger partial charge in [-0.25, -0.2) is 0 Å². The number of hydrogen-bond acceptors (Lipinski definition) is 5. The predicted octanol–water partition coefficient (Wildman–Crippen LogP) is 8.83. The average Bonchev–Trinajstić information content (AvgIpc) is 2.86. The third kappa shape index (κ3) is 32.7. The highest BCUT2D eigenvalue weighted by Gasteiger charge is 2.13. The third-order valence-electron chi connectivity index (χ3n) is 6.20. The summed E-state index contributed by atoms with van der Waals surface area (Å²) in [6.07, 6.45) is 10.3. The second kappa shape index (κ2) is 30.2. The van der Waals surface area contributed by atoms with Crippen molar-refractivity contribution in [2.24, 2.45) is 29.6 Å². The molecule has 0 aliphatic rings. The third-order valence-corrected chi connectivity index (χ3v) is 6.20. The zero-order chi connectivity index (χ0) is 30.7. The summed E-state index contributed by atoms with van der Waals surface area (Å²) < 4.78 is 0. The Bertz CT molecular complexity index is 572. The predicted molar refractivity (Wildman–Crippen MR) is 163 cm³/mol. The molecule has 1 atom stereocenters. The van der Waals surface area contributed by atoms with E-state index in [0.29, 0.717) is 23.8 Å². The van der Waals surface area contributed by atoms with E-state index in [4.69, 9.17) is 5.11 Å². The highest BCUT2D eigenvalue weighted by molar-refractivity contribution is 5.81. The second-order valence-corrected chi connectivity index (χ2v) is 11.5. The molecule has 0 radical (unpaired) electrons. The van der Waals surface area contributed by atoms with Crippen molar-refractivity contribution in [3.8, 4) is 0 Å². The van der Waals surface area contributed by atoms with Crippen molar-refractivity contribution in [1.29, 1.82) is 0 Å². The molecule has 0 amide bonds. The minimum Gasteiger partial charge on any atom is -0.396 e. The minimum atomic E-state index is 0.107. The first-order chi connectivity index (χ1) is 17.7. The molecule has 0 aromatic rings. The molecule has 1 unspecified atom stereocenters. The highest BCUT2D eigenvalue weighted by Crippen LogP contribution is 2.11. The van der Waals surface area contributed by atoms with E-state index in [-0.39, 0.29) is 42.0 Å². The summed E-state index contributed by atoms with van der Waals surface area (Å²) in [6, 6.07) is 0. The van der Waals surface area contributed by atoms with Crippen LogP contribution in [0.3, 0.4) is 0 Å². The van der Waals surface area contributed by atoms with E-state index in [2.05, 4.69) is 13.8 Å². The molecule has 5 heteroatoms. The van der Waals surface area contributed by atoms with Gasteiger partial charge in [-0.3, -0.25) is 19.2 Å². The number of unbranched alkanes of at least 4 members (excludes halogenated alkanes) is 3. The number of hydrogen-bond donors (Lipinski definition) is 1. The van der Waals surface area contributed by atoms with E-state index in [9.17, 15) is 19.2 Å². The fraction of sp³-hybridized carbons (Fsp3) is 0.879. The van der Waals surface area contributed by atoms with Crippen molar-refractivity contribution < 1.29 is 24.3 Å². The number of carbonyl (C=O) groups excluding carboxylic acids is 4. The number of aliphatic hydroxyl groups excluding tert-OH is 1. The first-order valence-corrected chi connectivity index (χ1v) is 15.4. The summed E-state index contributed by atoms with van der Waals surface area (Å²) in [4.78, 5) is 43.8. The number of rotatable bonds is 17. The van der Waals surface area contributed by atoms with Crippen LogP contribution in [0, 0.1) is 29.6 Å². The Balaban J connectivity index is -0.000000204. The minimum absolute atomic E-state index is 0.107. The van der Waals surface area contributed by atoms with Gasteiger partial charge in [0.05, 0.1) is 0 Å². The van der Waals surface area contributed by atoms with Gasteiger partial charge in [0.25, 0.3) is 0 Å². The van der Waals surface area contributed by atoms with Gasteiger partial charge < -0.3 is 5.11 Å². The van der Waals surface area contributed by atoms with E-state index in [1.807, 2.05) is 69.2 Å². The lowest BCUT2D eigenvalue weighted by Crippen LogP contribution is -2.15. The first kappa shape index (κ1) is 43.7. The van der Waals surface area contributed by atoms with E-state index in [0.717, 1.165) is 51.4 Å². The summed E-state index contributed by atoms with van der Waals surface area (Å²) in [5, 5.41) is 8.80. The maximum absolute atomic E-state index is 11.2. The summed E-state index contributed by atoms with van der Waals surface area (Å²) >= 11 is 0. The molecule has 0 fully saturated rings. The molecule has 0 aliphatic heterocycles. The number of carbonyl (C=O) groups is 4. The Morgan fingerprint density at radius 3 is 1.13 bits per heavy atom. The Morgan fingerprint density at radius 1 is 0.500 bits per heavy atom.